The van der Waals surface area contributed by atoms with E-state index in [1.807, 2.05) is 6.92 Å². The lowest BCUT2D eigenvalue weighted by molar-refractivity contribution is -0.137. The van der Waals surface area contributed by atoms with E-state index in [9.17, 15) is 9.59 Å². The molecule has 1 unspecified atom stereocenters. The molecule has 6 nitrogen and oxygen atoms in total. The van der Waals surface area contributed by atoms with Crippen LogP contribution in [0.5, 0.6) is 0 Å². The van der Waals surface area contributed by atoms with Crippen LogP contribution in [0.2, 0.25) is 0 Å². The van der Waals surface area contributed by atoms with E-state index >= 15 is 0 Å². The van der Waals surface area contributed by atoms with Gasteiger partial charge >= 0.3 is 12.0 Å². The number of rotatable bonds is 9. The maximum Gasteiger partial charge on any atom is 0.315 e. The minimum absolute atomic E-state index is 0.127. The molecule has 1 rings (SSSR count). The number of nitrogens with zero attached hydrogens (tertiary/aromatic N) is 1. The van der Waals surface area contributed by atoms with Gasteiger partial charge in [0, 0.05) is 25.6 Å². The molecule has 1 fully saturated rings. The Morgan fingerprint density at radius 2 is 1.86 bits per heavy atom. The van der Waals surface area contributed by atoms with Gasteiger partial charge in [-0.05, 0) is 45.7 Å². The van der Waals surface area contributed by atoms with Gasteiger partial charge in [0.2, 0.25) is 0 Å². The molecule has 21 heavy (non-hydrogen) atoms. The van der Waals surface area contributed by atoms with Crippen LogP contribution in [0.4, 0.5) is 4.79 Å². The van der Waals surface area contributed by atoms with Crippen molar-refractivity contribution in [1.82, 2.24) is 15.5 Å². The highest BCUT2D eigenvalue weighted by Crippen LogP contribution is 2.08. The number of unbranched alkanes of at least 4 members (excludes halogenated alkanes) is 2. The van der Waals surface area contributed by atoms with E-state index in [1.165, 1.54) is 19.3 Å². The first kappa shape index (κ1) is 17.8. The molecule has 0 radical (unpaired) electrons. The number of nitrogens with one attached hydrogen (secondary N) is 2. The number of hydrogen-bond donors (Lipinski definition) is 3. The van der Waals surface area contributed by atoms with Crippen molar-refractivity contribution in [2.75, 3.05) is 26.2 Å². The van der Waals surface area contributed by atoms with Crippen molar-refractivity contribution in [3.05, 3.63) is 0 Å². The van der Waals surface area contributed by atoms with Gasteiger partial charge in [-0.2, -0.15) is 0 Å². The van der Waals surface area contributed by atoms with Crippen LogP contribution in [0.15, 0.2) is 0 Å². The van der Waals surface area contributed by atoms with Gasteiger partial charge in [0.05, 0.1) is 0 Å². The molecule has 1 heterocycles. The minimum Gasteiger partial charge on any atom is -0.481 e. The van der Waals surface area contributed by atoms with Gasteiger partial charge in [-0.1, -0.05) is 12.8 Å². The molecule has 1 aliphatic heterocycles. The van der Waals surface area contributed by atoms with Gasteiger partial charge in [0.1, 0.15) is 0 Å². The van der Waals surface area contributed by atoms with Crippen LogP contribution in [0.25, 0.3) is 0 Å². The summed E-state index contributed by atoms with van der Waals surface area (Å²) < 4.78 is 0. The molecule has 1 atom stereocenters. The second-order valence-corrected chi connectivity index (χ2v) is 5.87. The summed E-state index contributed by atoms with van der Waals surface area (Å²) in [6.07, 6.45) is 6.37. The molecule has 0 aromatic carbocycles. The van der Waals surface area contributed by atoms with Gasteiger partial charge in [-0.25, -0.2) is 4.79 Å². The zero-order valence-corrected chi connectivity index (χ0v) is 13.1. The van der Waals surface area contributed by atoms with E-state index < -0.39 is 5.97 Å². The molecular weight excluding hydrogens is 270 g/mol. The Morgan fingerprint density at radius 1 is 1.14 bits per heavy atom. The van der Waals surface area contributed by atoms with Crippen molar-refractivity contribution in [3.63, 3.8) is 0 Å². The third-order valence-electron chi connectivity index (χ3n) is 3.71. The van der Waals surface area contributed by atoms with E-state index in [0.717, 1.165) is 32.5 Å². The first-order valence-electron chi connectivity index (χ1n) is 8.06. The standard InChI is InChI=1S/C15H29N3O3/c1-13(12-18-10-6-3-7-11-18)17-15(21)16-9-5-2-4-8-14(19)20/h13H,2-12H2,1H3,(H,19,20)(H2,16,17,21). The summed E-state index contributed by atoms with van der Waals surface area (Å²) >= 11 is 0. The number of carboxylic acids is 1. The summed E-state index contributed by atoms with van der Waals surface area (Å²) in [4.78, 5) is 24.4. The highest BCUT2D eigenvalue weighted by Gasteiger charge is 2.14. The number of piperidine rings is 1. The Labute approximate surface area is 127 Å². The van der Waals surface area contributed by atoms with Crippen molar-refractivity contribution in [1.29, 1.82) is 0 Å². The maximum absolute atomic E-state index is 11.7. The predicted molar refractivity (Wildman–Crippen MR) is 82.4 cm³/mol. The van der Waals surface area contributed by atoms with Gasteiger partial charge in [0.25, 0.3) is 0 Å². The molecule has 122 valence electrons. The monoisotopic (exact) mass is 299 g/mol. The second kappa shape index (κ2) is 10.4. The molecule has 0 aromatic rings. The molecule has 2 amide bonds. The molecule has 0 bridgehead atoms. The Bertz CT molecular complexity index is 317. The van der Waals surface area contributed by atoms with Crippen molar-refractivity contribution in [3.8, 4) is 0 Å². The van der Waals surface area contributed by atoms with Crippen LogP contribution < -0.4 is 10.6 Å². The van der Waals surface area contributed by atoms with Crippen molar-refractivity contribution in [2.45, 2.75) is 57.9 Å². The van der Waals surface area contributed by atoms with Crippen LogP contribution in [0.3, 0.4) is 0 Å². The average molecular weight is 299 g/mol. The van der Waals surface area contributed by atoms with Gasteiger partial charge in [-0.15, -0.1) is 0 Å². The number of urea groups is 1. The third-order valence-corrected chi connectivity index (χ3v) is 3.71. The number of hydrogen-bond acceptors (Lipinski definition) is 3. The van der Waals surface area contributed by atoms with Crippen LogP contribution in [0, 0.1) is 0 Å². The van der Waals surface area contributed by atoms with E-state index in [2.05, 4.69) is 15.5 Å². The molecular formula is C15H29N3O3. The van der Waals surface area contributed by atoms with Crippen LogP contribution in [-0.4, -0.2) is 54.2 Å². The molecule has 0 aliphatic carbocycles. The summed E-state index contributed by atoms with van der Waals surface area (Å²) in [5.41, 5.74) is 0. The highest BCUT2D eigenvalue weighted by atomic mass is 16.4. The van der Waals surface area contributed by atoms with Gasteiger partial charge < -0.3 is 20.6 Å². The third kappa shape index (κ3) is 9.28. The molecule has 0 aromatic heterocycles. The fourth-order valence-corrected chi connectivity index (χ4v) is 2.63. The van der Waals surface area contributed by atoms with Gasteiger partial charge in [-0.3, -0.25) is 4.79 Å². The van der Waals surface area contributed by atoms with Crippen LogP contribution >= 0.6 is 0 Å². The lowest BCUT2D eigenvalue weighted by Crippen LogP contribution is -2.47. The van der Waals surface area contributed by atoms with E-state index in [1.54, 1.807) is 0 Å². The summed E-state index contributed by atoms with van der Waals surface area (Å²) in [7, 11) is 0. The first-order valence-corrected chi connectivity index (χ1v) is 8.06. The number of amides is 2. The summed E-state index contributed by atoms with van der Waals surface area (Å²) in [5, 5.41) is 14.3. The quantitative estimate of drug-likeness (QED) is 0.567. The van der Waals surface area contributed by atoms with E-state index in [4.69, 9.17) is 5.11 Å². The zero-order valence-electron chi connectivity index (χ0n) is 13.1. The number of carbonyl (C=O) groups is 2. The van der Waals surface area contributed by atoms with Crippen LogP contribution in [-0.2, 0) is 4.79 Å². The molecule has 0 spiro atoms. The Balaban J connectivity index is 2.00. The Morgan fingerprint density at radius 3 is 2.52 bits per heavy atom. The minimum atomic E-state index is -0.757. The normalized spacial score (nSPS) is 17.2. The zero-order chi connectivity index (χ0) is 15.5. The molecule has 1 saturated heterocycles. The predicted octanol–water partition coefficient (Wildman–Crippen LogP) is 1.80. The molecule has 3 N–H and O–H groups in total. The number of aliphatic carboxylic acids is 1. The SMILES string of the molecule is CC(CN1CCCCC1)NC(=O)NCCCCCC(=O)O. The van der Waals surface area contributed by atoms with Gasteiger partial charge in [0.15, 0.2) is 0 Å². The lowest BCUT2D eigenvalue weighted by Gasteiger charge is -2.29. The largest absolute Gasteiger partial charge is 0.481 e. The average Bonchev–Trinajstić information content (AvgIpc) is 2.43. The number of likely N-dealkylation sites (tertiary alicyclic amines) is 1. The number of carboxylic acid groups (broad SMARTS) is 1. The van der Waals surface area contributed by atoms with E-state index in [-0.39, 0.29) is 18.5 Å². The fourth-order valence-electron chi connectivity index (χ4n) is 2.63. The molecule has 6 heteroatoms. The fraction of sp³-hybridized carbons (Fsp3) is 0.867. The molecule has 0 saturated carbocycles. The topological polar surface area (TPSA) is 81.7 Å². The first-order chi connectivity index (χ1) is 10.1. The Hall–Kier alpha value is -1.30. The highest BCUT2D eigenvalue weighted by molar-refractivity contribution is 5.74. The van der Waals surface area contributed by atoms with Crippen molar-refractivity contribution < 1.29 is 14.7 Å². The Kier molecular flexibility index (Phi) is 8.82. The van der Waals surface area contributed by atoms with Crippen molar-refractivity contribution >= 4 is 12.0 Å². The summed E-state index contributed by atoms with van der Waals surface area (Å²) in [6, 6.07) is 0.0212. The van der Waals surface area contributed by atoms with E-state index in [0.29, 0.717) is 13.0 Å². The lowest BCUT2D eigenvalue weighted by atomic mass is 10.1. The summed E-state index contributed by atoms with van der Waals surface area (Å²) in [5.74, 6) is -0.757. The number of carbonyl (C=O) groups excluding carboxylic acids is 1. The second-order valence-electron chi connectivity index (χ2n) is 5.87. The maximum atomic E-state index is 11.7. The van der Waals surface area contributed by atoms with Crippen LogP contribution in [0.1, 0.15) is 51.9 Å². The summed E-state index contributed by atoms with van der Waals surface area (Å²) in [6.45, 7) is 5.81. The van der Waals surface area contributed by atoms with Crippen molar-refractivity contribution in [2.24, 2.45) is 0 Å². The molecule has 1 aliphatic rings. The smallest absolute Gasteiger partial charge is 0.315 e.